The summed E-state index contributed by atoms with van der Waals surface area (Å²) in [5, 5.41) is 0. The molecule has 0 fully saturated rings. The predicted octanol–water partition coefficient (Wildman–Crippen LogP) is 4.50. The van der Waals surface area contributed by atoms with Crippen LogP contribution in [0.2, 0.25) is 0 Å². The molecule has 0 spiro atoms. The molecule has 186 valence electrons. The first-order chi connectivity index (χ1) is 11.8. The van der Waals surface area contributed by atoms with Crippen molar-refractivity contribution in [3.8, 4) is 0 Å². The van der Waals surface area contributed by atoms with Gasteiger partial charge in [-0.25, -0.2) is 0 Å². The minimum absolute atomic E-state index is 0. The van der Waals surface area contributed by atoms with Crippen molar-refractivity contribution in [2.75, 3.05) is 0 Å². The van der Waals surface area contributed by atoms with Gasteiger partial charge in [0.1, 0.15) is 0 Å². The molecule has 4 N–H and O–H groups in total. The molecule has 0 aromatic rings. The Bertz CT molecular complexity index is 448. The monoisotopic (exact) mass is 654 g/mol. The number of alkyl halides is 12. The second-order valence-electron chi connectivity index (χ2n) is 3.31. The Kier molecular flexibility index (Phi) is 22.7. The molecule has 0 aliphatic heterocycles. The smallest absolute Gasteiger partial charge is 0.432 e. The number of rotatable bonds is 0. The van der Waals surface area contributed by atoms with Gasteiger partial charge in [0, 0.05) is 39.0 Å². The van der Waals surface area contributed by atoms with Crippen LogP contribution < -0.4 is 0 Å². The largest absolute Gasteiger partial charge is 0.660 e. The van der Waals surface area contributed by atoms with E-state index in [1.165, 1.54) is 0 Å². The fraction of sp³-hybridized carbons (Fsp3) is 0.500. The van der Waals surface area contributed by atoms with Gasteiger partial charge < -0.3 is 42.1 Å². The van der Waals surface area contributed by atoms with Gasteiger partial charge in [0.2, 0.25) is 0 Å². The number of nitrogens with one attached hydrogen (secondary N) is 4. The van der Waals surface area contributed by atoms with Crippen LogP contribution >= 0.6 is 0 Å². The zero-order chi connectivity index (χ0) is 24.3. The Morgan fingerprint density at radius 1 is 0.367 bits per heavy atom. The fourth-order valence-electron chi connectivity index (χ4n) is 0. The predicted molar refractivity (Wildman–Crippen MR) is 61.5 cm³/mol. The van der Waals surface area contributed by atoms with Gasteiger partial charge in [-0.1, -0.05) is 0 Å². The molecule has 30 heavy (non-hydrogen) atoms. The van der Waals surface area contributed by atoms with Crippen LogP contribution in [-0.2, 0) is 58.1 Å². The molecule has 0 unspecified atom stereocenters. The molecule has 0 rings (SSSR count). The van der Waals surface area contributed by atoms with Crippen molar-refractivity contribution < 1.29 is 111 Å². The van der Waals surface area contributed by atoms with E-state index in [0.29, 0.717) is 0 Å². The van der Waals surface area contributed by atoms with Crippen LogP contribution in [0, 0.1) is 0 Å². The van der Waals surface area contributed by atoms with Crippen molar-refractivity contribution in [2.45, 2.75) is 24.7 Å². The summed E-state index contributed by atoms with van der Waals surface area (Å²) in [4.78, 5) is 36.0. The summed E-state index contributed by atoms with van der Waals surface area (Å²) < 4.78 is 128. The second-order valence-corrected chi connectivity index (χ2v) is 3.31. The van der Waals surface area contributed by atoms with Crippen LogP contribution in [0.5, 0.6) is 0 Å². The van der Waals surface area contributed by atoms with Crippen molar-refractivity contribution in [3.63, 3.8) is 0 Å². The Hall–Kier alpha value is -1.71. The maximum absolute atomic E-state index is 10.6. The molecule has 0 heterocycles. The van der Waals surface area contributed by atoms with Gasteiger partial charge in [-0.15, -0.1) is 0 Å². The van der Waals surface area contributed by atoms with Gasteiger partial charge in [-0.3, -0.25) is 0 Å². The molecule has 0 aromatic carbocycles. The Balaban J connectivity index is -0.0000000626. The van der Waals surface area contributed by atoms with Crippen molar-refractivity contribution in [3.05, 3.63) is 22.9 Å². The molecule has 0 aliphatic rings. The van der Waals surface area contributed by atoms with Gasteiger partial charge in [0.25, 0.3) is 0 Å². The number of carbonyl (C=O) groups is 4. The maximum atomic E-state index is 10.6. The van der Waals surface area contributed by atoms with Crippen LogP contribution in [0.4, 0.5) is 52.7 Å². The van der Waals surface area contributed by atoms with Crippen molar-refractivity contribution in [1.29, 1.82) is 0 Å². The quantitative estimate of drug-likeness (QED) is 0.278. The molecule has 0 aliphatic carbocycles. The van der Waals surface area contributed by atoms with E-state index < -0.39 is 48.3 Å². The topological polar surface area (TPSA) is 163 Å². The number of amides is 4. The molecular weight excluding hydrogens is 650 g/mol. The molecular formula is C8H4F12N4O4Rh2-4. The van der Waals surface area contributed by atoms with E-state index in [1.807, 2.05) is 0 Å². The third-order valence-corrected chi connectivity index (χ3v) is 1.03. The van der Waals surface area contributed by atoms with Crippen molar-refractivity contribution in [2.24, 2.45) is 0 Å². The van der Waals surface area contributed by atoms with Gasteiger partial charge >= 0.3 is 24.7 Å². The standard InChI is InChI=1S/4C2H2F3NO.2Rh/c4*3-2(4,5)1(6)7;;/h4*(H2,6,7);;/p-4. The van der Waals surface area contributed by atoms with Gasteiger partial charge in [0.05, 0.1) is 0 Å². The zero-order valence-electron chi connectivity index (χ0n) is 12.8. The first kappa shape index (κ1) is 42.4. The van der Waals surface area contributed by atoms with Crippen LogP contribution in [-0.4, -0.2) is 48.3 Å². The summed E-state index contributed by atoms with van der Waals surface area (Å²) >= 11 is 0. The third kappa shape index (κ3) is 33.8. The Morgan fingerprint density at radius 2 is 0.400 bits per heavy atom. The summed E-state index contributed by atoms with van der Waals surface area (Å²) in [7, 11) is 0. The first-order valence-electron chi connectivity index (χ1n) is 5.08. The third-order valence-electron chi connectivity index (χ3n) is 1.03. The van der Waals surface area contributed by atoms with E-state index >= 15 is 0 Å². The van der Waals surface area contributed by atoms with E-state index in [9.17, 15) is 52.7 Å². The molecule has 22 heteroatoms. The molecule has 4 amide bonds. The average molecular weight is 654 g/mol. The summed E-state index contributed by atoms with van der Waals surface area (Å²) in [6, 6.07) is 0. The fourth-order valence-corrected chi connectivity index (χ4v) is 0. The minimum atomic E-state index is -4.97. The van der Waals surface area contributed by atoms with Gasteiger partial charge in [0.15, 0.2) is 23.6 Å². The molecule has 0 aromatic heterocycles. The van der Waals surface area contributed by atoms with E-state index in [2.05, 4.69) is 0 Å². The number of halogens is 12. The summed E-state index contributed by atoms with van der Waals surface area (Å²) in [5.41, 5.74) is 21.9. The second kappa shape index (κ2) is 16.0. The van der Waals surface area contributed by atoms with Gasteiger partial charge in [-0.2, -0.15) is 52.7 Å². The zero-order valence-corrected chi connectivity index (χ0v) is 16.1. The first-order valence-corrected chi connectivity index (χ1v) is 5.08. The maximum Gasteiger partial charge on any atom is 0.432 e. The van der Waals surface area contributed by atoms with E-state index in [4.69, 9.17) is 42.1 Å². The Labute approximate surface area is 182 Å². The summed E-state index contributed by atoms with van der Waals surface area (Å²) in [5.74, 6) is -10.0. The molecule has 0 saturated carbocycles. The molecule has 0 bridgehead atoms. The van der Waals surface area contributed by atoms with E-state index in [1.54, 1.807) is 0 Å². The van der Waals surface area contributed by atoms with Crippen molar-refractivity contribution >= 4 is 23.6 Å². The SMILES string of the molecule is [NH-]C(=O)C(F)(F)F.[NH-]C(=O)C(F)(F)F.[NH-]C(=O)C(F)(F)F.[NH-]C(=O)C(F)(F)F.[Rh].[Rh]. The van der Waals surface area contributed by atoms with Crippen LogP contribution in [0.3, 0.4) is 0 Å². The van der Waals surface area contributed by atoms with Gasteiger partial charge in [-0.05, 0) is 0 Å². The normalized spacial score (nSPS) is 10.5. The molecule has 0 saturated heterocycles. The van der Waals surface area contributed by atoms with E-state index in [-0.39, 0.29) is 39.0 Å². The van der Waals surface area contributed by atoms with Crippen LogP contribution in [0.1, 0.15) is 0 Å². The summed E-state index contributed by atoms with van der Waals surface area (Å²) in [6.07, 6.45) is -19.9. The molecule has 8 nitrogen and oxygen atoms in total. The van der Waals surface area contributed by atoms with Crippen LogP contribution in [0.25, 0.3) is 22.9 Å². The summed E-state index contributed by atoms with van der Waals surface area (Å²) in [6.45, 7) is 0. The molecule has 0 atom stereocenters. The average Bonchev–Trinajstić information content (AvgIpc) is 2.35. The number of hydrogen-bond donors (Lipinski definition) is 0. The molecule has 2 radical (unpaired) electrons. The Morgan fingerprint density at radius 3 is 0.400 bits per heavy atom. The number of carbonyl (C=O) groups excluding carboxylic acids is 4. The van der Waals surface area contributed by atoms with Crippen molar-refractivity contribution in [1.82, 2.24) is 0 Å². The number of hydrogen-bond acceptors (Lipinski definition) is 4. The van der Waals surface area contributed by atoms with E-state index in [0.717, 1.165) is 0 Å². The van der Waals surface area contributed by atoms with Crippen LogP contribution in [0.15, 0.2) is 0 Å². The minimum Gasteiger partial charge on any atom is -0.660 e.